The number of nitrogens with one attached hydrogen (secondary N) is 1. The van der Waals surface area contributed by atoms with E-state index in [-0.39, 0.29) is 0 Å². The summed E-state index contributed by atoms with van der Waals surface area (Å²) < 4.78 is 0. The van der Waals surface area contributed by atoms with Crippen molar-refractivity contribution in [2.75, 3.05) is 7.05 Å². The van der Waals surface area contributed by atoms with Crippen molar-refractivity contribution in [2.24, 2.45) is 0 Å². The first-order valence-corrected chi connectivity index (χ1v) is 2.88. The van der Waals surface area contributed by atoms with Gasteiger partial charge in [0.25, 0.3) is 0 Å². The van der Waals surface area contributed by atoms with Gasteiger partial charge < -0.3 is 5.32 Å². The smallest absolute Gasteiger partial charge is 0.0267 e. The van der Waals surface area contributed by atoms with Crippen LogP contribution in [0.4, 0.5) is 0 Å². The SMILES string of the molecule is C=C/C(C)=C\C(=C)NC. The van der Waals surface area contributed by atoms with Gasteiger partial charge in [0, 0.05) is 12.7 Å². The molecule has 0 aliphatic carbocycles. The Bertz CT molecular complexity index is 143. The molecule has 9 heavy (non-hydrogen) atoms. The van der Waals surface area contributed by atoms with Gasteiger partial charge in [0.2, 0.25) is 0 Å². The van der Waals surface area contributed by atoms with E-state index in [1.54, 1.807) is 6.08 Å². The standard InChI is InChI=1S/C8H13N/c1-5-7(2)6-8(3)9-4/h5-6,9H,1,3H2,2,4H3/b7-6-. The second-order valence-electron chi connectivity index (χ2n) is 1.87. The van der Waals surface area contributed by atoms with Crippen molar-refractivity contribution in [1.29, 1.82) is 0 Å². The summed E-state index contributed by atoms with van der Waals surface area (Å²) in [5, 5.41) is 2.91. The van der Waals surface area contributed by atoms with Crippen LogP contribution in [0.1, 0.15) is 6.92 Å². The molecule has 0 radical (unpaired) electrons. The molecule has 0 amide bonds. The lowest BCUT2D eigenvalue weighted by Gasteiger charge is -1.96. The molecule has 0 aliphatic heterocycles. The van der Waals surface area contributed by atoms with Crippen molar-refractivity contribution in [3.8, 4) is 0 Å². The van der Waals surface area contributed by atoms with E-state index in [4.69, 9.17) is 0 Å². The lowest BCUT2D eigenvalue weighted by atomic mass is 10.2. The Hall–Kier alpha value is -0.980. The quantitative estimate of drug-likeness (QED) is 0.565. The van der Waals surface area contributed by atoms with E-state index < -0.39 is 0 Å². The van der Waals surface area contributed by atoms with Crippen LogP contribution in [0.2, 0.25) is 0 Å². The second-order valence-corrected chi connectivity index (χ2v) is 1.87. The van der Waals surface area contributed by atoms with Gasteiger partial charge in [-0.2, -0.15) is 0 Å². The van der Waals surface area contributed by atoms with E-state index in [1.807, 2.05) is 20.0 Å². The van der Waals surface area contributed by atoms with E-state index in [0.717, 1.165) is 11.3 Å². The molecule has 1 nitrogen and oxygen atoms in total. The average Bonchev–Trinajstić information content (AvgIpc) is 1.87. The number of rotatable bonds is 3. The molecule has 0 spiro atoms. The highest BCUT2D eigenvalue weighted by Gasteiger charge is 1.81. The number of hydrogen-bond donors (Lipinski definition) is 1. The van der Waals surface area contributed by atoms with Gasteiger partial charge in [0.15, 0.2) is 0 Å². The summed E-state index contributed by atoms with van der Waals surface area (Å²) in [4.78, 5) is 0. The molecular weight excluding hydrogens is 110 g/mol. The summed E-state index contributed by atoms with van der Waals surface area (Å²) in [6.45, 7) is 9.32. The second kappa shape index (κ2) is 3.96. The highest BCUT2D eigenvalue weighted by Crippen LogP contribution is 1.96. The van der Waals surface area contributed by atoms with Crippen molar-refractivity contribution >= 4 is 0 Å². The molecule has 0 bridgehead atoms. The predicted molar refractivity (Wildman–Crippen MR) is 42.2 cm³/mol. The molecule has 0 aromatic carbocycles. The fourth-order valence-corrected chi connectivity index (χ4v) is 0.406. The van der Waals surface area contributed by atoms with Crippen LogP contribution in [0.25, 0.3) is 0 Å². The summed E-state index contributed by atoms with van der Waals surface area (Å²) in [6.07, 6.45) is 3.73. The molecule has 0 saturated carbocycles. The first-order chi connectivity index (χ1) is 4.20. The molecule has 0 unspecified atom stereocenters. The van der Waals surface area contributed by atoms with Crippen LogP contribution in [0, 0.1) is 0 Å². The number of allylic oxidation sites excluding steroid dienone is 3. The van der Waals surface area contributed by atoms with E-state index in [0.29, 0.717) is 0 Å². The molecule has 1 heteroatoms. The summed E-state index contributed by atoms with van der Waals surface area (Å²) >= 11 is 0. The lowest BCUT2D eigenvalue weighted by molar-refractivity contribution is 1.04. The molecule has 0 aliphatic rings. The van der Waals surface area contributed by atoms with Crippen LogP contribution < -0.4 is 5.32 Å². The summed E-state index contributed by atoms with van der Waals surface area (Å²) in [5.41, 5.74) is 2.03. The Morgan fingerprint density at radius 1 is 1.56 bits per heavy atom. The van der Waals surface area contributed by atoms with Gasteiger partial charge in [0.05, 0.1) is 0 Å². The first kappa shape index (κ1) is 8.02. The maximum absolute atomic E-state index is 3.73. The maximum Gasteiger partial charge on any atom is 0.0267 e. The Morgan fingerprint density at radius 2 is 2.11 bits per heavy atom. The topological polar surface area (TPSA) is 12.0 Å². The Balaban J connectivity index is 3.94. The van der Waals surface area contributed by atoms with Crippen LogP contribution in [-0.2, 0) is 0 Å². The number of hydrogen-bond acceptors (Lipinski definition) is 1. The van der Waals surface area contributed by atoms with E-state index in [1.165, 1.54) is 0 Å². The maximum atomic E-state index is 3.73. The minimum Gasteiger partial charge on any atom is -0.389 e. The highest BCUT2D eigenvalue weighted by atomic mass is 14.8. The summed E-state index contributed by atoms with van der Waals surface area (Å²) in [7, 11) is 1.84. The Kier molecular flexibility index (Phi) is 3.52. The predicted octanol–water partition coefficient (Wildman–Crippen LogP) is 1.85. The van der Waals surface area contributed by atoms with Crippen LogP contribution in [0.5, 0.6) is 0 Å². The zero-order chi connectivity index (χ0) is 7.28. The zero-order valence-corrected chi connectivity index (χ0v) is 6.07. The fourth-order valence-electron chi connectivity index (χ4n) is 0.406. The third kappa shape index (κ3) is 3.59. The molecule has 0 rings (SSSR count). The van der Waals surface area contributed by atoms with Gasteiger partial charge in [-0.25, -0.2) is 0 Å². The largest absolute Gasteiger partial charge is 0.389 e. The number of likely N-dealkylation sites (N-methyl/N-ethyl adjacent to an activating group) is 1. The highest BCUT2D eigenvalue weighted by molar-refractivity contribution is 5.24. The Labute approximate surface area is 56.8 Å². The van der Waals surface area contributed by atoms with Crippen LogP contribution in [0.15, 0.2) is 36.6 Å². The monoisotopic (exact) mass is 123 g/mol. The molecule has 50 valence electrons. The zero-order valence-electron chi connectivity index (χ0n) is 6.07. The minimum atomic E-state index is 0.910. The van der Waals surface area contributed by atoms with E-state index >= 15 is 0 Å². The molecule has 1 N–H and O–H groups in total. The first-order valence-electron chi connectivity index (χ1n) is 2.88. The van der Waals surface area contributed by atoms with Crippen molar-refractivity contribution in [3.63, 3.8) is 0 Å². The summed E-state index contributed by atoms with van der Waals surface area (Å²) in [6, 6.07) is 0. The lowest BCUT2D eigenvalue weighted by Crippen LogP contribution is -2.00. The van der Waals surface area contributed by atoms with Gasteiger partial charge in [-0.05, 0) is 18.6 Å². The van der Waals surface area contributed by atoms with Gasteiger partial charge in [-0.15, -0.1) is 0 Å². The minimum absolute atomic E-state index is 0.910. The molecule has 0 saturated heterocycles. The molecule has 0 aromatic rings. The third-order valence-electron chi connectivity index (χ3n) is 1.04. The van der Waals surface area contributed by atoms with Gasteiger partial charge >= 0.3 is 0 Å². The molecular formula is C8H13N. The van der Waals surface area contributed by atoms with E-state index in [2.05, 4.69) is 18.5 Å². The molecule has 0 atom stereocenters. The van der Waals surface area contributed by atoms with Gasteiger partial charge in [-0.3, -0.25) is 0 Å². The van der Waals surface area contributed by atoms with Crippen molar-refractivity contribution in [1.82, 2.24) is 5.32 Å². The third-order valence-corrected chi connectivity index (χ3v) is 1.04. The van der Waals surface area contributed by atoms with Gasteiger partial charge in [-0.1, -0.05) is 19.2 Å². The van der Waals surface area contributed by atoms with Crippen LogP contribution in [0.3, 0.4) is 0 Å². The van der Waals surface area contributed by atoms with Crippen LogP contribution in [-0.4, -0.2) is 7.05 Å². The molecule has 0 heterocycles. The van der Waals surface area contributed by atoms with E-state index in [9.17, 15) is 0 Å². The fraction of sp³-hybridized carbons (Fsp3) is 0.250. The molecule has 0 aromatic heterocycles. The molecule has 0 fully saturated rings. The van der Waals surface area contributed by atoms with Gasteiger partial charge in [0.1, 0.15) is 0 Å². The summed E-state index contributed by atoms with van der Waals surface area (Å²) in [5.74, 6) is 0. The van der Waals surface area contributed by atoms with Crippen molar-refractivity contribution in [3.05, 3.63) is 36.6 Å². The van der Waals surface area contributed by atoms with Crippen molar-refractivity contribution < 1.29 is 0 Å². The Morgan fingerprint density at radius 3 is 2.44 bits per heavy atom. The normalized spacial score (nSPS) is 10.7. The van der Waals surface area contributed by atoms with Crippen molar-refractivity contribution in [2.45, 2.75) is 6.92 Å². The van der Waals surface area contributed by atoms with Crippen LogP contribution >= 0.6 is 0 Å². The average molecular weight is 123 g/mol.